The predicted molar refractivity (Wildman–Crippen MR) is 158 cm³/mol. The second-order valence-electron chi connectivity index (χ2n) is 10.2. The van der Waals surface area contributed by atoms with Gasteiger partial charge in [-0.05, 0) is 48.2 Å². The maximum Gasteiger partial charge on any atom is 0.244 e. The first-order valence-electron chi connectivity index (χ1n) is 13.3. The number of nitrogens with one attached hydrogen (secondary N) is 1. The van der Waals surface area contributed by atoms with Gasteiger partial charge in [0, 0.05) is 29.5 Å². The lowest BCUT2D eigenvalue weighted by Gasteiger charge is -2.34. The fraction of sp³-hybridized carbons (Fsp3) is 0.333. The van der Waals surface area contributed by atoms with Crippen molar-refractivity contribution in [3.63, 3.8) is 0 Å². The number of amides is 2. The fourth-order valence-corrected chi connectivity index (χ4v) is 6.30. The van der Waals surface area contributed by atoms with Crippen LogP contribution in [0.15, 0.2) is 77.3 Å². The van der Waals surface area contributed by atoms with E-state index in [1.54, 1.807) is 6.07 Å². The number of nitrogens with zero attached hydrogens (tertiary/aromatic N) is 2. The summed E-state index contributed by atoms with van der Waals surface area (Å²) in [5.41, 5.74) is 1.35. The Bertz CT molecular complexity index is 1480. The van der Waals surface area contributed by atoms with Crippen molar-refractivity contribution in [1.29, 1.82) is 0 Å². The molecule has 0 spiro atoms. The van der Waals surface area contributed by atoms with Gasteiger partial charge in [0.05, 0.1) is 11.9 Å². The summed E-state index contributed by atoms with van der Waals surface area (Å²) >= 11 is 3.44. The van der Waals surface area contributed by atoms with E-state index in [-0.39, 0.29) is 30.6 Å². The third-order valence-electron chi connectivity index (χ3n) is 7.08. The second kappa shape index (κ2) is 13.6. The highest BCUT2D eigenvalue weighted by molar-refractivity contribution is 9.10. The second-order valence-corrected chi connectivity index (χ2v) is 13.0. The Morgan fingerprint density at radius 1 is 0.951 bits per heavy atom. The van der Waals surface area contributed by atoms with E-state index in [2.05, 4.69) is 21.2 Å². The van der Waals surface area contributed by atoms with Gasteiger partial charge >= 0.3 is 0 Å². The number of sulfonamides is 1. The molecular weight excluding hydrogens is 616 g/mol. The van der Waals surface area contributed by atoms with Crippen molar-refractivity contribution in [2.75, 3.05) is 17.1 Å². The van der Waals surface area contributed by atoms with Crippen LogP contribution in [0, 0.1) is 11.6 Å². The lowest BCUT2D eigenvalue weighted by Crippen LogP contribution is -2.54. The third kappa shape index (κ3) is 8.36. The van der Waals surface area contributed by atoms with Crippen LogP contribution in [0.3, 0.4) is 0 Å². The monoisotopic (exact) mass is 647 g/mol. The largest absolute Gasteiger partial charge is 0.352 e. The molecule has 0 aliphatic heterocycles. The molecule has 4 rings (SSSR count). The summed E-state index contributed by atoms with van der Waals surface area (Å²) in [6.45, 7) is -0.691. The Morgan fingerprint density at radius 2 is 1.63 bits per heavy atom. The SMILES string of the molecule is CS(=O)(=O)N(CC(=O)N(Cc1cccc(Br)c1)[C@H](Cc1ccccc1)C(=O)NC1CCCC1)c1ccc(F)c(F)c1. The molecule has 0 unspecified atom stereocenters. The molecule has 1 atom stereocenters. The van der Waals surface area contributed by atoms with Crippen molar-refractivity contribution in [2.45, 2.75) is 50.7 Å². The normalized spacial score (nSPS) is 14.4. The molecule has 0 bridgehead atoms. The Labute approximate surface area is 247 Å². The van der Waals surface area contributed by atoms with Gasteiger partial charge < -0.3 is 10.2 Å². The predicted octanol–water partition coefficient (Wildman–Crippen LogP) is 5.19. The summed E-state index contributed by atoms with van der Waals surface area (Å²) in [4.78, 5) is 29.2. The maximum atomic E-state index is 14.1. The van der Waals surface area contributed by atoms with Crippen molar-refractivity contribution in [1.82, 2.24) is 10.2 Å². The van der Waals surface area contributed by atoms with E-state index in [0.717, 1.165) is 70.0 Å². The van der Waals surface area contributed by atoms with Gasteiger partial charge in [0.1, 0.15) is 12.6 Å². The lowest BCUT2D eigenvalue weighted by molar-refractivity contribution is -0.140. The Hall–Kier alpha value is -3.31. The number of halogens is 3. The van der Waals surface area contributed by atoms with Crippen LogP contribution < -0.4 is 9.62 Å². The molecular formula is C30H32BrF2N3O4S. The molecule has 41 heavy (non-hydrogen) atoms. The summed E-state index contributed by atoms with van der Waals surface area (Å²) in [6, 6.07) is 18.2. The zero-order chi connectivity index (χ0) is 29.6. The zero-order valence-electron chi connectivity index (χ0n) is 22.6. The number of anilines is 1. The minimum Gasteiger partial charge on any atom is -0.352 e. The minimum atomic E-state index is -4.09. The minimum absolute atomic E-state index is 0.00157. The summed E-state index contributed by atoms with van der Waals surface area (Å²) < 4.78 is 54.7. The molecule has 1 fully saturated rings. The molecule has 0 radical (unpaired) electrons. The molecule has 11 heteroatoms. The van der Waals surface area contributed by atoms with Crippen LogP contribution in [-0.2, 0) is 32.6 Å². The number of hydrogen-bond acceptors (Lipinski definition) is 4. The third-order valence-corrected chi connectivity index (χ3v) is 8.72. The molecule has 218 valence electrons. The van der Waals surface area contributed by atoms with Gasteiger partial charge in [-0.1, -0.05) is 71.2 Å². The van der Waals surface area contributed by atoms with Crippen LogP contribution >= 0.6 is 15.9 Å². The van der Waals surface area contributed by atoms with E-state index in [1.807, 2.05) is 48.5 Å². The first-order valence-corrected chi connectivity index (χ1v) is 16.0. The van der Waals surface area contributed by atoms with E-state index in [4.69, 9.17) is 0 Å². The smallest absolute Gasteiger partial charge is 0.244 e. The van der Waals surface area contributed by atoms with Gasteiger partial charge in [-0.25, -0.2) is 17.2 Å². The zero-order valence-corrected chi connectivity index (χ0v) is 25.0. The number of carbonyl (C=O) groups excluding carboxylic acids is 2. The van der Waals surface area contributed by atoms with Crippen LogP contribution in [0.25, 0.3) is 0 Å². The molecule has 2 amide bonds. The molecule has 3 aromatic rings. The van der Waals surface area contributed by atoms with Crippen molar-refractivity contribution >= 4 is 43.5 Å². The van der Waals surface area contributed by atoms with Crippen LogP contribution in [0.2, 0.25) is 0 Å². The topological polar surface area (TPSA) is 86.8 Å². The summed E-state index contributed by atoms with van der Waals surface area (Å²) in [6.07, 6.45) is 4.79. The van der Waals surface area contributed by atoms with Crippen LogP contribution in [-0.4, -0.2) is 50.0 Å². The van der Waals surface area contributed by atoms with Crippen LogP contribution in [0.5, 0.6) is 0 Å². The standard InChI is InChI=1S/C30H32BrF2N3O4S/c1-41(39,40)36(25-14-15-26(32)27(33)18-25)20-29(37)35(19-22-10-7-11-23(31)16-22)28(17-21-8-3-2-4-9-21)30(38)34-24-12-5-6-13-24/h2-4,7-11,14-16,18,24,28H,5-6,12-13,17,19-20H2,1H3,(H,34,38)/t28-/m1/s1. The van der Waals surface area contributed by atoms with E-state index in [9.17, 15) is 26.8 Å². The highest BCUT2D eigenvalue weighted by Crippen LogP contribution is 2.24. The Kier molecular flexibility index (Phi) is 10.1. The van der Waals surface area contributed by atoms with Gasteiger partial charge in [0.25, 0.3) is 0 Å². The summed E-state index contributed by atoms with van der Waals surface area (Å²) in [5, 5.41) is 3.10. The average molecular weight is 649 g/mol. The van der Waals surface area contributed by atoms with Gasteiger partial charge in [-0.2, -0.15) is 0 Å². The molecule has 0 heterocycles. The van der Waals surface area contributed by atoms with Gasteiger partial charge in [-0.3, -0.25) is 13.9 Å². The maximum absolute atomic E-state index is 14.1. The van der Waals surface area contributed by atoms with Gasteiger partial charge in [-0.15, -0.1) is 0 Å². The van der Waals surface area contributed by atoms with Crippen molar-refractivity contribution in [3.8, 4) is 0 Å². The van der Waals surface area contributed by atoms with Crippen molar-refractivity contribution in [2.24, 2.45) is 0 Å². The molecule has 3 aromatic carbocycles. The summed E-state index contributed by atoms with van der Waals surface area (Å²) in [7, 11) is -4.09. The first kappa shape index (κ1) is 30.6. The number of rotatable bonds is 11. The Morgan fingerprint density at radius 3 is 2.27 bits per heavy atom. The van der Waals surface area contributed by atoms with E-state index >= 15 is 0 Å². The molecule has 1 aliphatic rings. The molecule has 0 saturated heterocycles. The number of benzene rings is 3. The number of carbonyl (C=O) groups is 2. The molecule has 1 saturated carbocycles. The fourth-order valence-electron chi connectivity index (χ4n) is 5.01. The van der Waals surface area contributed by atoms with Crippen molar-refractivity contribution in [3.05, 3.63) is 100 Å². The number of hydrogen-bond donors (Lipinski definition) is 1. The van der Waals surface area contributed by atoms with Gasteiger partial charge in [0.15, 0.2) is 11.6 Å². The van der Waals surface area contributed by atoms with E-state index < -0.39 is 40.2 Å². The van der Waals surface area contributed by atoms with Crippen molar-refractivity contribution < 1.29 is 26.8 Å². The highest BCUT2D eigenvalue weighted by atomic mass is 79.9. The van der Waals surface area contributed by atoms with Gasteiger partial charge in [0.2, 0.25) is 21.8 Å². The molecule has 7 nitrogen and oxygen atoms in total. The molecule has 1 aliphatic carbocycles. The lowest BCUT2D eigenvalue weighted by atomic mass is 10.0. The highest BCUT2D eigenvalue weighted by Gasteiger charge is 2.34. The molecule has 1 N–H and O–H groups in total. The molecule has 0 aromatic heterocycles. The van der Waals surface area contributed by atoms with Crippen LogP contribution in [0.4, 0.5) is 14.5 Å². The van der Waals surface area contributed by atoms with E-state index in [1.165, 1.54) is 4.90 Å². The van der Waals surface area contributed by atoms with E-state index in [0.29, 0.717) is 0 Å². The average Bonchev–Trinajstić information content (AvgIpc) is 3.44. The first-order chi connectivity index (χ1) is 19.5. The quantitative estimate of drug-likeness (QED) is 0.310. The van der Waals surface area contributed by atoms with Crippen LogP contribution in [0.1, 0.15) is 36.8 Å². The Balaban J connectivity index is 1.73. The summed E-state index contributed by atoms with van der Waals surface area (Å²) in [5.74, 6) is -3.38.